The van der Waals surface area contributed by atoms with Crippen LogP contribution in [0.5, 0.6) is 0 Å². The van der Waals surface area contributed by atoms with Crippen LogP contribution in [-0.2, 0) is 4.79 Å². The molecule has 0 saturated heterocycles. The van der Waals surface area contributed by atoms with E-state index < -0.39 is 5.97 Å². The quantitative estimate of drug-likeness (QED) is 0.780. The van der Waals surface area contributed by atoms with E-state index in [9.17, 15) is 4.79 Å². The minimum absolute atomic E-state index is 0.0512. The number of nitrogens with one attached hydrogen (secondary N) is 1. The molecule has 4 heteroatoms. The Morgan fingerprint density at radius 2 is 2.00 bits per heavy atom. The number of carbonyl (C=O) groups is 1. The molecular weight excluding hydrogens is 222 g/mol. The van der Waals surface area contributed by atoms with E-state index in [0.717, 1.165) is 0 Å². The van der Waals surface area contributed by atoms with Gasteiger partial charge in [-0.1, -0.05) is 19.8 Å². The molecular formula is C12H23NO2S. The summed E-state index contributed by atoms with van der Waals surface area (Å²) in [7, 11) is 0. The van der Waals surface area contributed by atoms with Crippen LogP contribution in [0.4, 0.5) is 0 Å². The van der Waals surface area contributed by atoms with Crippen molar-refractivity contribution >= 4 is 17.7 Å². The van der Waals surface area contributed by atoms with Crippen molar-refractivity contribution < 1.29 is 9.90 Å². The van der Waals surface area contributed by atoms with Crippen LogP contribution >= 0.6 is 11.8 Å². The molecule has 0 spiro atoms. The molecule has 0 aliphatic heterocycles. The summed E-state index contributed by atoms with van der Waals surface area (Å²) in [6.45, 7) is 3.75. The van der Waals surface area contributed by atoms with Gasteiger partial charge >= 0.3 is 5.97 Å². The first kappa shape index (κ1) is 13.8. The summed E-state index contributed by atoms with van der Waals surface area (Å²) in [6.07, 6.45) is 7.17. The molecule has 0 radical (unpaired) electrons. The summed E-state index contributed by atoms with van der Waals surface area (Å²) in [5.41, 5.74) is 0. The summed E-state index contributed by atoms with van der Waals surface area (Å²) >= 11 is 1.91. The number of carboxylic acid groups (broad SMARTS) is 1. The van der Waals surface area contributed by atoms with Gasteiger partial charge < -0.3 is 10.4 Å². The topological polar surface area (TPSA) is 49.3 Å². The van der Waals surface area contributed by atoms with Crippen molar-refractivity contribution in [2.45, 2.75) is 56.9 Å². The first-order valence-electron chi connectivity index (χ1n) is 6.08. The lowest BCUT2D eigenvalue weighted by Crippen LogP contribution is -2.48. The fourth-order valence-electron chi connectivity index (χ4n) is 2.27. The third kappa shape index (κ3) is 3.67. The third-order valence-corrected chi connectivity index (χ3v) is 4.79. The van der Waals surface area contributed by atoms with Crippen LogP contribution in [0.1, 0.15) is 39.5 Å². The van der Waals surface area contributed by atoms with E-state index in [1.165, 1.54) is 25.7 Å². The van der Waals surface area contributed by atoms with Crippen LogP contribution in [0.2, 0.25) is 0 Å². The van der Waals surface area contributed by atoms with Crippen LogP contribution in [0.15, 0.2) is 0 Å². The van der Waals surface area contributed by atoms with E-state index >= 15 is 0 Å². The number of carboxylic acids is 1. The predicted molar refractivity (Wildman–Crippen MR) is 69.0 cm³/mol. The molecule has 0 bridgehead atoms. The molecule has 4 unspecified atom stereocenters. The Morgan fingerprint density at radius 1 is 1.38 bits per heavy atom. The van der Waals surface area contributed by atoms with Crippen molar-refractivity contribution in [3.63, 3.8) is 0 Å². The molecule has 1 fully saturated rings. The Bertz CT molecular complexity index is 235. The molecule has 3 nitrogen and oxygen atoms in total. The second-order valence-corrected chi connectivity index (χ2v) is 5.82. The van der Waals surface area contributed by atoms with Gasteiger partial charge in [-0.25, -0.2) is 0 Å². The standard InChI is InChI=1S/C12H23NO2S/c1-8(12(14)15)9(2)13-10-6-4-5-7-11(10)16-3/h8-11,13H,4-7H2,1-3H3,(H,14,15). The highest BCUT2D eigenvalue weighted by molar-refractivity contribution is 7.99. The number of hydrogen-bond donors (Lipinski definition) is 2. The lowest BCUT2D eigenvalue weighted by molar-refractivity contribution is -0.142. The van der Waals surface area contributed by atoms with Crippen LogP contribution in [0.25, 0.3) is 0 Å². The second kappa shape index (κ2) is 6.50. The minimum atomic E-state index is -0.712. The molecule has 16 heavy (non-hydrogen) atoms. The van der Waals surface area contributed by atoms with Gasteiger partial charge in [0.1, 0.15) is 0 Å². The molecule has 1 aliphatic rings. The van der Waals surface area contributed by atoms with Gasteiger partial charge in [-0.05, 0) is 26.0 Å². The summed E-state index contributed by atoms with van der Waals surface area (Å²) in [5, 5.41) is 13.1. The van der Waals surface area contributed by atoms with Crippen molar-refractivity contribution in [1.82, 2.24) is 5.32 Å². The van der Waals surface area contributed by atoms with Gasteiger partial charge in [0.25, 0.3) is 0 Å². The maximum absolute atomic E-state index is 10.9. The number of rotatable bonds is 5. The number of thioether (sulfide) groups is 1. The normalized spacial score (nSPS) is 29.7. The van der Waals surface area contributed by atoms with Crippen LogP contribution in [0.3, 0.4) is 0 Å². The highest BCUT2D eigenvalue weighted by Crippen LogP contribution is 2.27. The Balaban J connectivity index is 2.47. The summed E-state index contributed by atoms with van der Waals surface area (Å²) in [4.78, 5) is 10.9. The van der Waals surface area contributed by atoms with E-state index in [-0.39, 0.29) is 12.0 Å². The van der Waals surface area contributed by atoms with Crippen LogP contribution in [-0.4, -0.2) is 34.7 Å². The molecule has 0 aromatic heterocycles. The van der Waals surface area contributed by atoms with Gasteiger partial charge in [0.2, 0.25) is 0 Å². The summed E-state index contributed by atoms with van der Waals surface area (Å²) in [6, 6.07) is 0.538. The Labute approximate surface area is 102 Å². The summed E-state index contributed by atoms with van der Waals surface area (Å²) in [5.74, 6) is -1.03. The molecule has 4 atom stereocenters. The average Bonchev–Trinajstić information content (AvgIpc) is 2.28. The average molecular weight is 245 g/mol. The highest BCUT2D eigenvalue weighted by atomic mass is 32.2. The van der Waals surface area contributed by atoms with E-state index in [1.807, 2.05) is 18.7 Å². The maximum atomic E-state index is 10.9. The second-order valence-electron chi connectivity index (χ2n) is 4.75. The van der Waals surface area contributed by atoms with E-state index in [2.05, 4.69) is 11.6 Å². The van der Waals surface area contributed by atoms with E-state index in [1.54, 1.807) is 6.92 Å². The largest absolute Gasteiger partial charge is 0.481 e. The Hall–Kier alpha value is -0.220. The molecule has 1 saturated carbocycles. The van der Waals surface area contributed by atoms with Gasteiger partial charge in [0.05, 0.1) is 5.92 Å². The maximum Gasteiger partial charge on any atom is 0.307 e. The molecule has 0 aromatic rings. The minimum Gasteiger partial charge on any atom is -0.481 e. The zero-order chi connectivity index (χ0) is 12.1. The molecule has 0 amide bonds. The lowest BCUT2D eigenvalue weighted by Gasteiger charge is -2.34. The molecule has 94 valence electrons. The van der Waals surface area contributed by atoms with E-state index in [4.69, 9.17) is 5.11 Å². The van der Waals surface area contributed by atoms with Gasteiger partial charge in [0.15, 0.2) is 0 Å². The first-order chi connectivity index (χ1) is 7.56. The van der Waals surface area contributed by atoms with Crippen molar-refractivity contribution in [2.75, 3.05) is 6.26 Å². The number of aliphatic carboxylic acids is 1. The zero-order valence-corrected chi connectivity index (χ0v) is 11.2. The summed E-state index contributed by atoms with van der Waals surface area (Å²) < 4.78 is 0. The zero-order valence-electron chi connectivity index (χ0n) is 10.4. The van der Waals surface area contributed by atoms with Crippen LogP contribution in [0, 0.1) is 5.92 Å². The Morgan fingerprint density at radius 3 is 2.56 bits per heavy atom. The third-order valence-electron chi connectivity index (χ3n) is 3.62. The Kier molecular flexibility index (Phi) is 5.62. The lowest BCUT2D eigenvalue weighted by atomic mass is 9.93. The van der Waals surface area contributed by atoms with Gasteiger partial charge in [0, 0.05) is 17.3 Å². The van der Waals surface area contributed by atoms with Gasteiger partial charge in [-0.15, -0.1) is 0 Å². The van der Waals surface area contributed by atoms with Crippen molar-refractivity contribution in [3.05, 3.63) is 0 Å². The monoisotopic (exact) mass is 245 g/mol. The van der Waals surface area contributed by atoms with Crippen molar-refractivity contribution in [1.29, 1.82) is 0 Å². The molecule has 1 rings (SSSR count). The van der Waals surface area contributed by atoms with E-state index in [0.29, 0.717) is 11.3 Å². The predicted octanol–water partition coefficient (Wildman–Crippen LogP) is 2.36. The number of hydrogen-bond acceptors (Lipinski definition) is 3. The van der Waals surface area contributed by atoms with Gasteiger partial charge in [-0.3, -0.25) is 4.79 Å². The fourth-order valence-corrected chi connectivity index (χ4v) is 3.21. The molecule has 2 N–H and O–H groups in total. The molecule has 0 aromatic carbocycles. The fraction of sp³-hybridized carbons (Fsp3) is 0.917. The van der Waals surface area contributed by atoms with Crippen molar-refractivity contribution in [2.24, 2.45) is 5.92 Å². The SMILES string of the molecule is CSC1CCCCC1NC(C)C(C)C(=O)O. The van der Waals surface area contributed by atoms with Gasteiger partial charge in [-0.2, -0.15) is 11.8 Å². The van der Waals surface area contributed by atoms with Crippen molar-refractivity contribution in [3.8, 4) is 0 Å². The molecule has 1 aliphatic carbocycles. The highest BCUT2D eigenvalue weighted by Gasteiger charge is 2.28. The first-order valence-corrected chi connectivity index (χ1v) is 7.36. The molecule has 0 heterocycles. The smallest absolute Gasteiger partial charge is 0.307 e. The van der Waals surface area contributed by atoms with Crippen LogP contribution < -0.4 is 5.32 Å².